The number of hydrogen-bond acceptors (Lipinski definition) is 5. The van der Waals surface area contributed by atoms with E-state index in [4.69, 9.17) is 11.6 Å². The van der Waals surface area contributed by atoms with Gasteiger partial charge in [0.2, 0.25) is 0 Å². The van der Waals surface area contributed by atoms with Crippen molar-refractivity contribution in [1.82, 2.24) is 14.7 Å². The number of sulfone groups is 1. The number of halogens is 1. The van der Waals surface area contributed by atoms with Crippen molar-refractivity contribution >= 4 is 27.3 Å². The summed E-state index contributed by atoms with van der Waals surface area (Å²) in [6, 6.07) is 8.61. The summed E-state index contributed by atoms with van der Waals surface area (Å²) in [7, 11) is -2.09. The number of carbonyl (C=O) groups excluding carboxylic acids is 1. The van der Waals surface area contributed by atoms with Crippen LogP contribution in [0.4, 0.5) is 0 Å². The first-order valence-corrected chi connectivity index (χ1v) is 9.54. The molecule has 1 saturated heterocycles. The molecule has 0 radical (unpaired) electrons. The topological polar surface area (TPSA) is 89.3 Å². The Hall–Kier alpha value is -2.19. The molecule has 2 aromatic rings. The third-order valence-electron chi connectivity index (χ3n) is 4.19. The number of carbonyl (C=O) groups is 1. The lowest BCUT2D eigenvalue weighted by molar-refractivity contribution is 0.0785. The highest BCUT2D eigenvalue weighted by Gasteiger charge is 2.36. The Kier molecular flexibility index (Phi) is 4.66. The van der Waals surface area contributed by atoms with Crippen LogP contribution in [0.25, 0.3) is 0 Å². The molecule has 0 saturated carbocycles. The summed E-state index contributed by atoms with van der Waals surface area (Å²) in [5.74, 6) is -0.385. The van der Waals surface area contributed by atoms with Gasteiger partial charge in [-0.15, -0.1) is 0 Å². The standard InChI is InChI=1S/C16H16ClN3O4S/c1-19-15(21)7-6-14(18-19)16(22)20-9-8-13(10-20)25(23,24)12-4-2-11(17)3-5-12/h2-7,13H,8-10H2,1H3/t13-/m1/s1. The minimum atomic E-state index is -3.55. The molecule has 1 aromatic heterocycles. The minimum absolute atomic E-state index is 0.0916. The van der Waals surface area contributed by atoms with Gasteiger partial charge in [0.15, 0.2) is 9.84 Å². The van der Waals surface area contributed by atoms with Gasteiger partial charge in [0.1, 0.15) is 5.69 Å². The molecule has 0 aliphatic carbocycles. The normalized spacial score (nSPS) is 17.7. The Labute approximate surface area is 149 Å². The van der Waals surface area contributed by atoms with Gasteiger partial charge >= 0.3 is 0 Å². The molecule has 3 rings (SSSR count). The van der Waals surface area contributed by atoms with Crippen LogP contribution >= 0.6 is 11.6 Å². The Balaban J connectivity index is 1.78. The maximum absolute atomic E-state index is 12.7. The molecule has 1 amide bonds. The summed E-state index contributed by atoms with van der Waals surface area (Å²) in [4.78, 5) is 25.5. The van der Waals surface area contributed by atoms with E-state index in [0.29, 0.717) is 18.0 Å². The van der Waals surface area contributed by atoms with Gasteiger partial charge in [0.25, 0.3) is 11.5 Å². The van der Waals surface area contributed by atoms with Crippen molar-refractivity contribution in [2.45, 2.75) is 16.6 Å². The van der Waals surface area contributed by atoms with Gasteiger partial charge in [0.05, 0.1) is 10.1 Å². The summed E-state index contributed by atoms with van der Waals surface area (Å²) < 4.78 is 26.5. The largest absolute Gasteiger partial charge is 0.336 e. The highest BCUT2D eigenvalue weighted by molar-refractivity contribution is 7.92. The molecular weight excluding hydrogens is 366 g/mol. The number of aryl methyl sites for hydroxylation is 1. The summed E-state index contributed by atoms with van der Waals surface area (Å²) in [6.07, 6.45) is 0.350. The van der Waals surface area contributed by atoms with E-state index in [2.05, 4.69) is 5.10 Å². The van der Waals surface area contributed by atoms with Crippen LogP contribution in [0.1, 0.15) is 16.9 Å². The lowest BCUT2D eigenvalue weighted by Crippen LogP contribution is -2.33. The number of benzene rings is 1. The summed E-state index contributed by atoms with van der Waals surface area (Å²) in [5, 5.41) is 3.71. The summed E-state index contributed by atoms with van der Waals surface area (Å²) in [6.45, 7) is 0.412. The fourth-order valence-electron chi connectivity index (χ4n) is 2.76. The molecule has 7 nitrogen and oxygen atoms in total. The van der Waals surface area contributed by atoms with E-state index in [1.807, 2.05) is 0 Å². The van der Waals surface area contributed by atoms with Gasteiger partial charge in [0, 0.05) is 31.2 Å². The van der Waals surface area contributed by atoms with E-state index in [1.54, 1.807) is 0 Å². The van der Waals surface area contributed by atoms with Crippen molar-refractivity contribution in [2.24, 2.45) is 7.05 Å². The highest BCUT2D eigenvalue weighted by atomic mass is 35.5. The molecule has 0 N–H and O–H groups in total. The van der Waals surface area contributed by atoms with Crippen molar-refractivity contribution < 1.29 is 13.2 Å². The van der Waals surface area contributed by atoms with Crippen molar-refractivity contribution in [3.8, 4) is 0 Å². The molecule has 1 fully saturated rings. The van der Waals surface area contributed by atoms with Crippen LogP contribution in [0.15, 0.2) is 46.1 Å². The van der Waals surface area contributed by atoms with Gasteiger partial charge in [-0.05, 0) is 36.8 Å². The first-order valence-electron chi connectivity index (χ1n) is 7.62. The van der Waals surface area contributed by atoms with Crippen LogP contribution in [0.3, 0.4) is 0 Å². The van der Waals surface area contributed by atoms with Gasteiger partial charge in [-0.1, -0.05) is 11.6 Å². The molecule has 1 atom stereocenters. The average Bonchev–Trinajstić information content (AvgIpc) is 3.08. The van der Waals surface area contributed by atoms with Crippen molar-refractivity contribution in [3.05, 3.63) is 57.5 Å². The van der Waals surface area contributed by atoms with E-state index >= 15 is 0 Å². The fraction of sp³-hybridized carbons (Fsp3) is 0.312. The molecule has 0 spiro atoms. The Morgan fingerprint density at radius 3 is 2.52 bits per heavy atom. The van der Waals surface area contributed by atoms with E-state index in [0.717, 1.165) is 4.68 Å². The predicted octanol–water partition coefficient (Wildman–Crippen LogP) is 1.12. The van der Waals surface area contributed by atoms with E-state index in [9.17, 15) is 18.0 Å². The zero-order chi connectivity index (χ0) is 18.2. The Bertz CT molecular complexity index is 970. The number of hydrogen-bond donors (Lipinski definition) is 0. The molecule has 9 heteroatoms. The van der Waals surface area contributed by atoms with Crippen LogP contribution in [0.2, 0.25) is 5.02 Å². The van der Waals surface area contributed by atoms with Crippen molar-refractivity contribution in [1.29, 1.82) is 0 Å². The van der Waals surface area contributed by atoms with Gasteiger partial charge in [-0.25, -0.2) is 13.1 Å². The van der Waals surface area contributed by atoms with Gasteiger partial charge < -0.3 is 4.90 Å². The lowest BCUT2D eigenvalue weighted by Gasteiger charge is -2.16. The summed E-state index contributed by atoms with van der Waals surface area (Å²) in [5.41, 5.74) is -0.201. The molecule has 0 unspecified atom stereocenters. The first-order chi connectivity index (χ1) is 11.8. The second kappa shape index (κ2) is 6.61. The molecule has 1 aliphatic rings. The van der Waals surface area contributed by atoms with Gasteiger partial charge in [-0.3, -0.25) is 9.59 Å². The highest BCUT2D eigenvalue weighted by Crippen LogP contribution is 2.25. The number of aromatic nitrogens is 2. The van der Waals surface area contributed by atoms with E-state index in [1.165, 1.54) is 48.3 Å². The number of rotatable bonds is 3. The van der Waals surface area contributed by atoms with Crippen LogP contribution in [0, 0.1) is 0 Å². The lowest BCUT2D eigenvalue weighted by atomic mass is 10.3. The molecule has 1 aromatic carbocycles. The van der Waals surface area contributed by atoms with Crippen molar-refractivity contribution in [2.75, 3.05) is 13.1 Å². The van der Waals surface area contributed by atoms with Crippen LogP contribution in [-0.2, 0) is 16.9 Å². The second-order valence-corrected chi connectivity index (χ2v) is 8.51. The number of amides is 1. The second-order valence-electron chi connectivity index (χ2n) is 5.84. The molecule has 132 valence electrons. The Morgan fingerprint density at radius 1 is 1.20 bits per heavy atom. The minimum Gasteiger partial charge on any atom is -0.336 e. The molecular formula is C16H16ClN3O4S. The maximum atomic E-state index is 12.7. The van der Waals surface area contributed by atoms with Crippen molar-refractivity contribution in [3.63, 3.8) is 0 Å². The Morgan fingerprint density at radius 2 is 1.88 bits per heavy atom. The molecule has 25 heavy (non-hydrogen) atoms. The molecule has 2 heterocycles. The molecule has 0 bridgehead atoms. The molecule has 1 aliphatic heterocycles. The van der Waals surface area contributed by atoms with Gasteiger partial charge in [-0.2, -0.15) is 5.10 Å². The first kappa shape index (κ1) is 17.6. The van der Waals surface area contributed by atoms with E-state index in [-0.39, 0.29) is 28.6 Å². The SMILES string of the molecule is Cn1nc(C(=O)N2CC[C@@H](S(=O)(=O)c3ccc(Cl)cc3)C2)ccc1=O. The quantitative estimate of drug-likeness (QED) is 0.794. The zero-order valence-corrected chi connectivity index (χ0v) is 15.0. The third-order valence-corrected chi connectivity index (χ3v) is 6.64. The average molecular weight is 382 g/mol. The monoisotopic (exact) mass is 381 g/mol. The fourth-order valence-corrected chi connectivity index (χ4v) is 4.58. The summed E-state index contributed by atoms with van der Waals surface area (Å²) >= 11 is 5.80. The van der Waals surface area contributed by atoms with E-state index < -0.39 is 15.1 Å². The number of likely N-dealkylation sites (tertiary alicyclic amines) is 1. The van der Waals surface area contributed by atoms with Crippen LogP contribution in [-0.4, -0.2) is 47.3 Å². The predicted molar refractivity (Wildman–Crippen MR) is 92.4 cm³/mol. The van der Waals surface area contributed by atoms with Crippen LogP contribution < -0.4 is 5.56 Å². The third kappa shape index (κ3) is 3.45. The van der Waals surface area contributed by atoms with Crippen LogP contribution in [0.5, 0.6) is 0 Å². The number of nitrogens with zero attached hydrogens (tertiary/aromatic N) is 3. The maximum Gasteiger partial charge on any atom is 0.274 e. The zero-order valence-electron chi connectivity index (χ0n) is 13.4. The smallest absolute Gasteiger partial charge is 0.274 e.